The van der Waals surface area contributed by atoms with Crippen LogP contribution in [0, 0.1) is 0 Å². The predicted octanol–water partition coefficient (Wildman–Crippen LogP) is 3.79. The third-order valence-corrected chi connectivity index (χ3v) is 4.20. The molecule has 130 valence electrons. The van der Waals surface area contributed by atoms with E-state index >= 15 is 0 Å². The van der Waals surface area contributed by atoms with Gasteiger partial charge < -0.3 is 14.6 Å². The molecule has 25 heavy (non-hydrogen) atoms. The van der Waals surface area contributed by atoms with Gasteiger partial charge in [0.25, 0.3) is 0 Å². The summed E-state index contributed by atoms with van der Waals surface area (Å²) in [5, 5.41) is 18.5. The molecule has 0 aliphatic rings. The molecule has 0 atom stereocenters. The standard InChI is InChI=1S/C18H17ClN2O4/c19-13-10-14-16(11-15(13)22)25-18(20-14)12-5-8-21(9-6-12)7-3-1-2-4-17(23)24/h5-6,8-11H,1-4,7H2,(H,23,24)/p+1. The van der Waals surface area contributed by atoms with Gasteiger partial charge in [0.2, 0.25) is 5.89 Å². The number of unbranched alkanes of at least 4 members (excludes halogenated alkanes) is 2. The van der Waals surface area contributed by atoms with Crippen LogP contribution in [0.15, 0.2) is 41.1 Å². The molecule has 0 amide bonds. The van der Waals surface area contributed by atoms with E-state index in [4.69, 9.17) is 21.1 Å². The van der Waals surface area contributed by atoms with Gasteiger partial charge in [-0.25, -0.2) is 9.55 Å². The number of phenols is 1. The second-order valence-electron chi connectivity index (χ2n) is 5.82. The lowest BCUT2D eigenvalue weighted by Crippen LogP contribution is -2.32. The number of nitrogens with zero attached hydrogens (tertiary/aromatic N) is 2. The molecule has 2 aromatic heterocycles. The van der Waals surface area contributed by atoms with Crippen molar-refractivity contribution in [2.75, 3.05) is 0 Å². The van der Waals surface area contributed by atoms with Crippen LogP contribution in [0.25, 0.3) is 22.6 Å². The molecule has 3 aromatic rings. The molecule has 0 bridgehead atoms. The Bertz CT molecular complexity index is 851. The Hall–Kier alpha value is -2.60. The van der Waals surface area contributed by atoms with Gasteiger partial charge in [-0.1, -0.05) is 11.6 Å². The zero-order chi connectivity index (χ0) is 17.8. The summed E-state index contributed by atoms with van der Waals surface area (Å²) in [5.74, 6) is -0.319. The first-order valence-electron chi connectivity index (χ1n) is 8.03. The number of halogens is 1. The van der Waals surface area contributed by atoms with Crippen LogP contribution in [0.1, 0.15) is 25.7 Å². The molecule has 2 N–H and O–H groups in total. The summed E-state index contributed by atoms with van der Waals surface area (Å²) in [6, 6.07) is 6.83. The number of aromatic hydroxyl groups is 1. The molecule has 0 aliphatic heterocycles. The van der Waals surface area contributed by atoms with Crippen LogP contribution in [0.5, 0.6) is 5.75 Å². The molecule has 0 radical (unpaired) electrons. The van der Waals surface area contributed by atoms with E-state index in [1.54, 1.807) is 6.07 Å². The van der Waals surface area contributed by atoms with Crippen LogP contribution in [-0.2, 0) is 11.3 Å². The van der Waals surface area contributed by atoms with E-state index in [0.29, 0.717) is 23.4 Å². The third-order valence-electron chi connectivity index (χ3n) is 3.90. The van der Waals surface area contributed by atoms with Crippen LogP contribution in [0.2, 0.25) is 5.02 Å². The highest BCUT2D eigenvalue weighted by Gasteiger charge is 2.12. The van der Waals surface area contributed by atoms with E-state index in [0.717, 1.165) is 24.9 Å². The minimum absolute atomic E-state index is 0.0364. The number of pyridine rings is 1. The number of carbonyl (C=O) groups is 1. The number of hydrogen-bond acceptors (Lipinski definition) is 4. The molecule has 0 aliphatic carbocycles. The van der Waals surface area contributed by atoms with Crippen LogP contribution in [-0.4, -0.2) is 21.2 Å². The molecule has 7 heteroatoms. The highest BCUT2D eigenvalue weighted by Crippen LogP contribution is 2.31. The van der Waals surface area contributed by atoms with Gasteiger partial charge in [0.1, 0.15) is 17.8 Å². The highest BCUT2D eigenvalue weighted by atomic mass is 35.5. The van der Waals surface area contributed by atoms with Gasteiger partial charge in [0.05, 0.1) is 5.02 Å². The number of carboxylic acid groups (broad SMARTS) is 1. The van der Waals surface area contributed by atoms with E-state index in [-0.39, 0.29) is 17.2 Å². The number of aliphatic carboxylic acids is 1. The average molecular weight is 362 g/mol. The maximum atomic E-state index is 10.5. The number of aryl methyl sites for hydroxylation is 1. The minimum atomic E-state index is -0.745. The number of aromatic nitrogens is 2. The molecule has 2 heterocycles. The van der Waals surface area contributed by atoms with E-state index in [2.05, 4.69) is 4.98 Å². The Morgan fingerprint density at radius 3 is 2.68 bits per heavy atom. The molecule has 0 spiro atoms. The Kier molecular flexibility index (Phi) is 5.19. The van der Waals surface area contributed by atoms with Gasteiger partial charge in [-0.3, -0.25) is 4.79 Å². The summed E-state index contributed by atoms with van der Waals surface area (Å²) in [6.45, 7) is 0.830. The van der Waals surface area contributed by atoms with Crippen LogP contribution in [0.3, 0.4) is 0 Å². The Labute approximate surface area is 149 Å². The second kappa shape index (κ2) is 7.53. The van der Waals surface area contributed by atoms with Crippen molar-refractivity contribution in [2.45, 2.75) is 32.2 Å². The van der Waals surface area contributed by atoms with Gasteiger partial charge in [-0.05, 0) is 18.9 Å². The normalized spacial score (nSPS) is 11.1. The first-order chi connectivity index (χ1) is 12.0. The van der Waals surface area contributed by atoms with Crippen molar-refractivity contribution in [1.82, 2.24) is 4.98 Å². The van der Waals surface area contributed by atoms with Crippen molar-refractivity contribution in [2.24, 2.45) is 0 Å². The Morgan fingerprint density at radius 2 is 1.96 bits per heavy atom. The number of phenolic OH excluding ortho intramolecular Hbond substituents is 1. The van der Waals surface area contributed by atoms with E-state index < -0.39 is 5.97 Å². The molecule has 1 aromatic carbocycles. The first kappa shape index (κ1) is 17.2. The fraction of sp³-hybridized carbons (Fsp3) is 0.278. The maximum absolute atomic E-state index is 10.5. The van der Waals surface area contributed by atoms with Gasteiger partial charge >= 0.3 is 5.97 Å². The zero-order valence-corrected chi connectivity index (χ0v) is 14.2. The smallest absolute Gasteiger partial charge is 0.303 e. The highest BCUT2D eigenvalue weighted by molar-refractivity contribution is 6.32. The van der Waals surface area contributed by atoms with E-state index in [1.165, 1.54) is 6.07 Å². The van der Waals surface area contributed by atoms with Crippen molar-refractivity contribution < 1.29 is 24.0 Å². The van der Waals surface area contributed by atoms with Crippen molar-refractivity contribution in [1.29, 1.82) is 0 Å². The Morgan fingerprint density at radius 1 is 1.20 bits per heavy atom. The number of hydrogen-bond donors (Lipinski definition) is 2. The minimum Gasteiger partial charge on any atom is -0.506 e. The zero-order valence-electron chi connectivity index (χ0n) is 13.5. The fourth-order valence-electron chi connectivity index (χ4n) is 2.56. The first-order valence-corrected chi connectivity index (χ1v) is 8.41. The Balaban J connectivity index is 1.65. The van der Waals surface area contributed by atoms with Gasteiger partial charge in [-0.15, -0.1) is 0 Å². The molecule has 3 rings (SSSR count). The molecule has 6 nitrogen and oxygen atoms in total. The molecule has 0 saturated heterocycles. The van der Waals surface area contributed by atoms with E-state index in [9.17, 15) is 9.90 Å². The summed E-state index contributed by atoms with van der Waals surface area (Å²) in [5.41, 5.74) is 1.90. The molecule has 0 unspecified atom stereocenters. The van der Waals surface area contributed by atoms with Crippen molar-refractivity contribution in [3.63, 3.8) is 0 Å². The number of fused-ring (bicyclic) bond motifs is 1. The largest absolute Gasteiger partial charge is 0.506 e. The maximum Gasteiger partial charge on any atom is 0.303 e. The second-order valence-corrected chi connectivity index (χ2v) is 6.23. The molecular weight excluding hydrogens is 344 g/mol. The average Bonchev–Trinajstić information content (AvgIpc) is 2.98. The van der Waals surface area contributed by atoms with Crippen molar-refractivity contribution >= 4 is 28.7 Å². The lowest BCUT2D eigenvalue weighted by atomic mass is 10.2. The van der Waals surface area contributed by atoms with Crippen molar-refractivity contribution in [3.05, 3.63) is 41.7 Å². The van der Waals surface area contributed by atoms with Gasteiger partial charge in [0.15, 0.2) is 18.0 Å². The SMILES string of the molecule is O=C(O)CCCCC[n+]1ccc(-c2nc3cc(Cl)c(O)cc3o2)cc1. The molecular formula is C18H18ClN2O4+. The van der Waals surface area contributed by atoms with Crippen LogP contribution < -0.4 is 4.57 Å². The third kappa shape index (κ3) is 4.28. The monoisotopic (exact) mass is 361 g/mol. The van der Waals surface area contributed by atoms with Crippen LogP contribution in [0.4, 0.5) is 0 Å². The van der Waals surface area contributed by atoms with E-state index in [1.807, 2.05) is 29.1 Å². The molecule has 0 saturated carbocycles. The lowest BCUT2D eigenvalue weighted by molar-refractivity contribution is -0.697. The predicted molar refractivity (Wildman–Crippen MR) is 92.4 cm³/mol. The molecule has 0 fully saturated rings. The number of benzene rings is 1. The summed E-state index contributed by atoms with van der Waals surface area (Å²) in [7, 11) is 0. The fourth-order valence-corrected chi connectivity index (χ4v) is 2.72. The summed E-state index contributed by atoms with van der Waals surface area (Å²) >= 11 is 5.88. The summed E-state index contributed by atoms with van der Waals surface area (Å²) in [4.78, 5) is 14.9. The summed E-state index contributed by atoms with van der Waals surface area (Å²) < 4.78 is 7.71. The summed E-state index contributed by atoms with van der Waals surface area (Å²) in [6.07, 6.45) is 6.61. The van der Waals surface area contributed by atoms with Crippen molar-refractivity contribution in [3.8, 4) is 17.2 Å². The van der Waals surface area contributed by atoms with Gasteiger partial charge in [0, 0.05) is 36.6 Å². The number of carboxylic acids is 1. The topological polar surface area (TPSA) is 87.4 Å². The van der Waals surface area contributed by atoms with Gasteiger partial charge in [-0.2, -0.15) is 0 Å². The quantitative estimate of drug-likeness (QED) is 0.494. The number of rotatable bonds is 7. The number of oxazole rings is 1. The van der Waals surface area contributed by atoms with Crippen LogP contribution >= 0.6 is 11.6 Å². The lowest BCUT2D eigenvalue weighted by Gasteiger charge is -1.98.